The van der Waals surface area contributed by atoms with Crippen LogP contribution >= 0.6 is 17.0 Å². The van der Waals surface area contributed by atoms with E-state index in [1.165, 1.54) is 108 Å². The molecule has 204 valence electrons. The molecule has 0 atom stereocenters. The molecule has 0 heterocycles. The number of amides is 1. The molecule has 0 aliphatic heterocycles. The number of unbranched alkanes of at least 4 members (excludes halogenated alkanes) is 15. The molecule has 0 aromatic heterocycles. The lowest BCUT2D eigenvalue weighted by Crippen LogP contribution is -2.13. The summed E-state index contributed by atoms with van der Waals surface area (Å²) in [5, 5.41) is 3.29. The van der Waals surface area contributed by atoms with Gasteiger partial charge in [0, 0.05) is 13.0 Å². The summed E-state index contributed by atoms with van der Waals surface area (Å²) in [5.74, 6) is -0.156. The zero-order valence-electron chi connectivity index (χ0n) is 23.5. The summed E-state index contributed by atoms with van der Waals surface area (Å²) < 4.78 is 0. The van der Waals surface area contributed by atoms with Crippen molar-refractivity contribution < 1.29 is 4.79 Å². The zero-order chi connectivity index (χ0) is 24.8. The molecule has 0 aliphatic carbocycles. The van der Waals surface area contributed by atoms with Crippen molar-refractivity contribution in [3.8, 4) is 0 Å². The first-order valence-electron chi connectivity index (χ1n) is 14.3. The summed E-state index contributed by atoms with van der Waals surface area (Å²) in [5.41, 5.74) is 6.51. The van der Waals surface area contributed by atoms with Crippen LogP contribution in [0.5, 0.6) is 0 Å². The maximum Gasteiger partial charge on any atom is 0.217 e. The predicted octanol–water partition coefficient (Wildman–Crippen LogP) is 9.60. The van der Waals surface area contributed by atoms with E-state index < -0.39 is 0 Å². The fourth-order valence-electron chi connectivity index (χ4n) is 3.63. The lowest BCUT2D eigenvalue weighted by Gasteiger charge is -2.01. The van der Waals surface area contributed by atoms with Gasteiger partial charge in [0.15, 0.2) is 0 Å². The Kier molecular flexibility index (Phi) is 38.6. The second kappa shape index (κ2) is 34.6. The number of rotatable bonds is 23. The van der Waals surface area contributed by atoms with Crippen LogP contribution in [0.3, 0.4) is 0 Å². The molecule has 0 aromatic carbocycles. The second-order valence-electron chi connectivity index (χ2n) is 9.70. The number of nitrogens with two attached hydrogens (primary N) is 1. The third-order valence-electron chi connectivity index (χ3n) is 5.77. The van der Waals surface area contributed by atoms with Crippen LogP contribution in [0.15, 0.2) is 23.8 Å². The highest BCUT2D eigenvalue weighted by Crippen LogP contribution is 2.12. The summed E-state index contributed by atoms with van der Waals surface area (Å²) in [6.07, 6.45) is 31.2. The molecule has 0 saturated heterocycles. The van der Waals surface area contributed by atoms with Crippen molar-refractivity contribution in [2.75, 3.05) is 13.1 Å². The first-order chi connectivity index (χ1) is 16.0. The Morgan fingerprint density at radius 1 is 0.676 bits per heavy atom. The highest BCUT2D eigenvalue weighted by molar-refractivity contribution is 8.93. The molecule has 0 rings (SSSR count). The zero-order valence-corrected chi connectivity index (χ0v) is 25.2. The van der Waals surface area contributed by atoms with Gasteiger partial charge < -0.3 is 11.1 Å². The quantitative estimate of drug-likeness (QED) is 0.0992. The SMILES string of the molecule is Br.CCCCCCCC/C=C\CCCCCCCCCCCC(N)=O.CCCNCC=C(C)C. The molecule has 0 radical (unpaired) electrons. The summed E-state index contributed by atoms with van der Waals surface area (Å²) in [4.78, 5) is 10.6. The minimum absolute atomic E-state index is 0. The number of hydrogen-bond donors (Lipinski definition) is 2. The van der Waals surface area contributed by atoms with Gasteiger partial charge in [-0.2, -0.15) is 0 Å². The minimum Gasteiger partial charge on any atom is -0.370 e. The first kappa shape index (κ1) is 37.9. The Hall–Kier alpha value is -0.610. The summed E-state index contributed by atoms with van der Waals surface area (Å²) in [6, 6.07) is 0. The van der Waals surface area contributed by atoms with Crippen molar-refractivity contribution in [3.63, 3.8) is 0 Å². The van der Waals surface area contributed by atoms with E-state index in [0.29, 0.717) is 6.42 Å². The molecule has 4 heteroatoms. The number of carbonyl (C=O) groups excluding carboxylic acids is 1. The molecule has 0 fully saturated rings. The smallest absolute Gasteiger partial charge is 0.217 e. The van der Waals surface area contributed by atoms with Gasteiger partial charge in [-0.15, -0.1) is 17.0 Å². The largest absolute Gasteiger partial charge is 0.370 e. The van der Waals surface area contributed by atoms with E-state index in [1.54, 1.807) is 0 Å². The van der Waals surface area contributed by atoms with Gasteiger partial charge in [-0.1, -0.05) is 115 Å². The number of halogens is 1. The van der Waals surface area contributed by atoms with E-state index >= 15 is 0 Å². The average Bonchev–Trinajstić information content (AvgIpc) is 2.78. The Labute approximate surface area is 225 Å². The fourth-order valence-corrected chi connectivity index (χ4v) is 3.63. The fraction of sp³-hybridized carbons (Fsp3) is 0.833. The van der Waals surface area contributed by atoms with Crippen molar-refractivity contribution in [1.82, 2.24) is 5.32 Å². The summed E-state index contributed by atoms with van der Waals surface area (Å²) in [7, 11) is 0. The topological polar surface area (TPSA) is 55.1 Å². The van der Waals surface area contributed by atoms with Crippen LogP contribution in [-0.2, 0) is 4.79 Å². The van der Waals surface area contributed by atoms with Gasteiger partial charge in [0.05, 0.1) is 0 Å². The normalized spacial score (nSPS) is 10.5. The maximum absolute atomic E-state index is 10.6. The molecule has 0 aromatic rings. The van der Waals surface area contributed by atoms with E-state index in [9.17, 15) is 4.79 Å². The van der Waals surface area contributed by atoms with Crippen molar-refractivity contribution in [1.29, 1.82) is 0 Å². The van der Waals surface area contributed by atoms with E-state index in [2.05, 4.69) is 51.2 Å². The minimum atomic E-state index is -0.156. The molecule has 1 amide bonds. The van der Waals surface area contributed by atoms with Crippen molar-refractivity contribution in [2.24, 2.45) is 5.73 Å². The first-order valence-corrected chi connectivity index (χ1v) is 14.3. The van der Waals surface area contributed by atoms with Crippen LogP contribution < -0.4 is 11.1 Å². The Morgan fingerprint density at radius 2 is 1.12 bits per heavy atom. The lowest BCUT2D eigenvalue weighted by molar-refractivity contribution is -0.118. The van der Waals surface area contributed by atoms with Crippen LogP contribution in [-0.4, -0.2) is 19.0 Å². The van der Waals surface area contributed by atoms with E-state index in [4.69, 9.17) is 5.73 Å². The third-order valence-corrected chi connectivity index (χ3v) is 5.77. The molecular formula is C30H61BrN2O. The highest BCUT2D eigenvalue weighted by atomic mass is 79.9. The van der Waals surface area contributed by atoms with Gasteiger partial charge in [-0.05, 0) is 58.9 Å². The average molecular weight is 546 g/mol. The van der Waals surface area contributed by atoms with Gasteiger partial charge >= 0.3 is 0 Å². The summed E-state index contributed by atoms with van der Waals surface area (Å²) >= 11 is 0. The van der Waals surface area contributed by atoms with Gasteiger partial charge in [0.2, 0.25) is 5.91 Å². The molecule has 0 bridgehead atoms. The van der Waals surface area contributed by atoms with Crippen molar-refractivity contribution in [2.45, 2.75) is 150 Å². The Bertz CT molecular complexity index is 445. The van der Waals surface area contributed by atoms with Crippen LogP contribution in [0.1, 0.15) is 150 Å². The predicted molar refractivity (Wildman–Crippen MR) is 160 cm³/mol. The number of nitrogens with one attached hydrogen (secondary N) is 1. The maximum atomic E-state index is 10.6. The second-order valence-corrected chi connectivity index (χ2v) is 9.70. The standard InChI is InChI=1S/C22H43NO.C8H17N.BrH/c1-2-3-4-5-6-7-8-9-10-11-12-13-14-15-16-17-18-19-20-21-22(23)24;1-4-6-9-7-5-8(2)3;/h9-10H,2-8,11-21H2,1H3,(H2,23,24);5,9H,4,6-7H2,1-3H3;1H/b10-9-;;. The van der Waals surface area contributed by atoms with Crippen molar-refractivity contribution >= 4 is 22.9 Å². The van der Waals surface area contributed by atoms with Crippen LogP contribution in [0.25, 0.3) is 0 Å². The lowest BCUT2D eigenvalue weighted by atomic mass is 10.1. The van der Waals surface area contributed by atoms with E-state index in [0.717, 1.165) is 25.9 Å². The number of hydrogen-bond acceptors (Lipinski definition) is 2. The Balaban J connectivity index is -0.000000812. The van der Waals surface area contributed by atoms with E-state index in [1.807, 2.05) is 0 Å². The van der Waals surface area contributed by atoms with E-state index in [-0.39, 0.29) is 22.9 Å². The molecule has 3 N–H and O–H groups in total. The van der Waals surface area contributed by atoms with Crippen LogP contribution in [0.2, 0.25) is 0 Å². The number of carbonyl (C=O) groups is 1. The highest BCUT2D eigenvalue weighted by Gasteiger charge is 1.95. The molecule has 34 heavy (non-hydrogen) atoms. The third kappa shape index (κ3) is 41.6. The van der Waals surface area contributed by atoms with Gasteiger partial charge in [-0.25, -0.2) is 0 Å². The monoisotopic (exact) mass is 544 g/mol. The molecule has 0 spiro atoms. The van der Waals surface area contributed by atoms with Crippen LogP contribution in [0.4, 0.5) is 0 Å². The number of primary amides is 1. The molecule has 3 nitrogen and oxygen atoms in total. The van der Waals surface area contributed by atoms with Crippen molar-refractivity contribution in [3.05, 3.63) is 23.8 Å². The van der Waals surface area contributed by atoms with Crippen LogP contribution in [0, 0.1) is 0 Å². The summed E-state index contributed by atoms with van der Waals surface area (Å²) in [6.45, 7) is 10.8. The molecule has 0 unspecified atom stereocenters. The molecular weight excluding hydrogens is 484 g/mol. The number of allylic oxidation sites excluding steroid dienone is 3. The molecule has 0 saturated carbocycles. The Morgan fingerprint density at radius 3 is 1.53 bits per heavy atom. The van der Waals surface area contributed by atoms with Gasteiger partial charge in [-0.3, -0.25) is 4.79 Å². The molecule has 0 aliphatic rings. The van der Waals surface area contributed by atoms with Gasteiger partial charge in [0.1, 0.15) is 0 Å². The van der Waals surface area contributed by atoms with Gasteiger partial charge in [0.25, 0.3) is 0 Å².